The molecule has 0 aromatic heterocycles. The van der Waals surface area contributed by atoms with Gasteiger partial charge < -0.3 is 5.11 Å². The van der Waals surface area contributed by atoms with Crippen LogP contribution in [0.2, 0.25) is 0 Å². The summed E-state index contributed by atoms with van der Waals surface area (Å²) >= 11 is 0. The molecule has 0 aliphatic heterocycles. The lowest BCUT2D eigenvalue weighted by Crippen LogP contribution is -1.82. The quantitative estimate of drug-likeness (QED) is 0.660. The number of aromatic hydroxyl groups is 1. The van der Waals surface area contributed by atoms with Gasteiger partial charge in [0.15, 0.2) is 0 Å². The number of halogens is 2. The molecule has 1 nitrogen and oxygen atoms in total. The number of phenolic OH excluding ortho intramolecular Hbond substituents is 1. The lowest BCUT2D eigenvalue weighted by molar-refractivity contribution is 0.475. The second-order valence-electron chi connectivity index (χ2n) is 2.76. The summed E-state index contributed by atoms with van der Waals surface area (Å²) in [7, 11) is 0. The minimum atomic E-state index is -0.643. The fraction of sp³-hybridized carbons (Fsp3) is 0. The maximum absolute atomic E-state index is 13.1. The summed E-state index contributed by atoms with van der Waals surface area (Å²) in [6, 6.07) is 6.25. The van der Waals surface area contributed by atoms with Crippen molar-refractivity contribution in [3.63, 3.8) is 0 Å². The summed E-state index contributed by atoms with van der Waals surface area (Å²) in [5.74, 6) is -1.42. The fourth-order valence-corrected chi connectivity index (χ4v) is 1.29. The predicted molar refractivity (Wildman–Crippen MR) is 45.5 cm³/mol. The van der Waals surface area contributed by atoms with Gasteiger partial charge in [0.1, 0.15) is 17.4 Å². The molecule has 0 saturated carbocycles. The monoisotopic (exact) mass is 180 g/mol. The first-order valence-electron chi connectivity index (χ1n) is 3.75. The van der Waals surface area contributed by atoms with Crippen molar-refractivity contribution in [2.45, 2.75) is 0 Å². The predicted octanol–water partition coefficient (Wildman–Crippen LogP) is 2.82. The summed E-state index contributed by atoms with van der Waals surface area (Å²) in [6.07, 6.45) is 0. The summed E-state index contributed by atoms with van der Waals surface area (Å²) < 4.78 is 25.8. The highest BCUT2D eigenvalue weighted by Crippen LogP contribution is 2.27. The van der Waals surface area contributed by atoms with Crippen molar-refractivity contribution < 1.29 is 13.9 Å². The lowest BCUT2D eigenvalue weighted by Gasteiger charge is -2.01. The summed E-state index contributed by atoms with van der Waals surface area (Å²) in [5.41, 5.74) is 0. The third kappa shape index (κ3) is 1.22. The SMILES string of the molecule is Oc1cc(F)cc2c(F)cccc12. The molecule has 66 valence electrons. The molecule has 0 amide bonds. The molecule has 0 heterocycles. The van der Waals surface area contributed by atoms with Crippen LogP contribution in [0.3, 0.4) is 0 Å². The second kappa shape index (κ2) is 2.69. The van der Waals surface area contributed by atoms with E-state index in [0.29, 0.717) is 5.39 Å². The van der Waals surface area contributed by atoms with Gasteiger partial charge in [-0.2, -0.15) is 0 Å². The standard InChI is InChI=1S/C10H6F2O/c11-6-4-8-7(10(13)5-6)2-1-3-9(8)12/h1-5,13H. The Morgan fingerprint density at radius 2 is 1.77 bits per heavy atom. The molecule has 0 spiro atoms. The molecule has 0 aliphatic rings. The molecular formula is C10H6F2O. The first kappa shape index (κ1) is 7.98. The number of rotatable bonds is 0. The Balaban J connectivity index is 2.94. The van der Waals surface area contributed by atoms with Gasteiger partial charge >= 0.3 is 0 Å². The third-order valence-electron chi connectivity index (χ3n) is 1.89. The van der Waals surface area contributed by atoms with Crippen molar-refractivity contribution >= 4 is 10.8 Å². The van der Waals surface area contributed by atoms with E-state index in [1.807, 2.05) is 0 Å². The van der Waals surface area contributed by atoms with E-state index in [-0.39, 0.29) is 11.1 Å². The van der Waals surface area contributed by atoms with E-state index in [2.05, 4.69) is 0 Å². The lowest BCUT2D eigenvalue weighted by atomic mass is 10.1. The molecule has 13 heavy (non-hydrogen) atoms. The van der Waals surface area contributed by atoms with Gasteiger partial charge in [-0.15, -0.1) is 0 Å². The molecule has 0 saturated heterocycles. The van der Waals surface area contributed by atoms with E-state index < -0.39 is 11.6 Å². The van der Waals surface area contributed by atoms with Gasteiger partial charge in [-0.05, 0) is 12.1 Å². The molecule has 2 rings (SSSR count). The molecule has 0 fully saturated rings. The Morgan fingerprint density at radius 1 is 1.00 bits per heavy atom. The van der Waals surface area contributed by atoms with Crippen molar-refractivity contribution in [2.75, 3.05) is 0 Å². The van der Waals surface area contributed by atoms with Crippen LogP contribution in [-0.4, -0.2) is 5.11 Å². The minimum absolute atomic E-state index is 0.0972. The van der Waals surface area contributed by atoms with E-state index in [1.54, 1.807) is 0 Å². The zero-order valence-electron chi connectivity index (χ0n) is 6.59. The molecule has 2 aromatic carbocycles. The first-order chi connectivity index (χ1) is 6.18. The average molecular weight is 180 g/mol. The highest BCUT2D eigenvalue weighted by molar-refractivity contribution is 5.88. The summed E-state index contributed by atoms with van der Waals surface area (Å²) in [6.45, 7) is 0. The largest absolute Gasteiger partial charge is 0.507 e. The number of fused-ring (bicyclic) bond motifs is 1. The normalized spacial score (nSPS) is 10.6. The van der Waals surface area contributed by atoms with Gasteiger partial charge in [-0.3, -0.25) is 0 Å². The van der Waals surface area contributed by atoms with Crippen molar-refractivity contribution in [1.82, 2.24) is 0 Å². The smallest absolute Gasteiger partial charge is 0.131 e. The van der Waals surface area contributed by atoms with Crippen LogP contribution in [0.15, 0.2) is 30.3 Å². The van der Waals surface area contributed by atoms with E-state index in [4.69, 9.17) is 0 Å². The molecule has 2 aromatic rings. The van der Waals surface area contributed by atoms with Crippen LogP contribution >= 0.6 is 0 Å². The Bertz CT molecular complexity index is 466. The van der Waals surface area contributed by atoms with Crippen molar-refractivity contribution in [3.05, 3.63) is 42.0 Å². The van der Waals surface area contributed by atoms with Gasteiger partial charge in [0.25, 0.3) is 0 Å². The average Bonchev–Trinajstić information content (AvgIpc) is 2.07. The first-order valence-corrected chi connectivity index (χ1v) is 3.75. The molecule has 0 unspecified atom stereocenters. The van der Waals surface area contributed by atoms with Crippen molar-refractivity contribution in [2.24, 2.45) is 0 Å². The zero-order chi connectivity index (χ0) is 9.42. The summed E-state index contributed by atoms with van der Waals surface area (Å²) in [4.78, 5) is 0. The topological polar surface area (TPSA) is 20.2 Å². The second-order valence-corrected chi connectivity index (χ2v) is 2.76. The number of benzene rings is 2. The van der Waals surface area contributed by atoms with E-state index in [1.165, 1.54) is 18.2 Å². The highest BCUT2D eigenvalue weighted by Gasteiger charge is 2.05. The maximum atomic E-state index is 13.1. The summed E-state index contributed by atoms with van der Waals surface area (Å²) in [5, 5.41) is 9.69. The molecule has 0 radical (unpaired) electrons. The van der Waals surface area contributed by atoms with Gasteiger partial charge in [0.05, 0.1) is 0 Å². The molecule has 0 bridgehead atoms. The maximum Gasteiger partial charge on any atom is 0.131 e. The Morgan fingerprint density at radius 3 is 2.54 bits per heavy atom. The Kier molecular flexibility index (Phi) is 1.65. The van der Waals surface area contributed by atoms with Crippen LogP contribution < -0.4 is 0 Å². The highest BCUT2D eigenvalue weighted by atomic mass is 19.1. The van der Waals surface area contributed by atoms with Gasteiger partial charge in [0, 0.05) is 16.8 Å². The van der Waals surface area contributed by atoms with Crippen LogP contribution in [0.5, 0.6) is 5.75 Å². The third-order valence-corrected chi connectivity index (χ3v) is 1.89. The fourth-order valence-electron chi connectivity index (χ4n) is 1.29. The van der Waals surface area contributed by atoms with Gasteiger partial charge in [-0.1, -0.05) is 12.1 Å². The van der Waals surface area contributed by atoms with Crippen LogP contribution in [0.25, 0.3) is 10.8 Å². The van der Waals surface area contributed by atoms with Crippen LogP contribution in [0.1, 0.15) is 0 Å². The molecule has 0 aliphatic carbocycles. The number of hydrogen-bond donors (Lipinski definition) is 1. The van der Waals surface area contributed by atoms with Crippen molar-refractivity contribution in [3.8, 4) is 5.75 Å². The van der Waals surface area contributed by atoms with E-state index in [9.17, 15) is 13.9 Å². The van der Waals surface area contributed by atoms with Crippen LogP contribution in [0, 0.1) is 11.6 Å². The van der Waals surface area contributed by atoms with E-state index in [0.717, 1.165) is 12.1 Å². The molecule has 0 atom stereocenters. The number of phenols is 1. The Labute approximate surface area is 73.2 Å². The molecular weight excluding hydrogens is 174 g/mol. The zero-order valence-corrected chi connectivity index (χ0v) is 6.59. The molecule has 3 heteroatoms. The van der Waals surface area contributed by atoms with Crippen LogP contribution in [0.4, 0.5) is 8.78 Å². The van der Waals surface area contributed by atoms with Crippen molar-refractivity contribution in [1.29, 1.82) is 0 Å². The Hall–Kier alpha value is -1.64. The number of hydrogen-bond acceptors (Lipinski definition) is 1. The van der Waals surface area contributed by atoms with Gasteiger partial charge in [-0.25, -0.2) is 8.78 Å². The minimum Gasteiger partial charge on any atom is -0.507 e. The van der Waals surface area contributed by atoms with E-state index >= 15 is 0 Å². The van der Waals surface area contributed by atoms with Crippen LogP contribution in [-0.2, 0) is 0 Å². The van der Waals surface area contributed by atoms with Gasteiger partial charge in [0.2, 0.25) is 0 Å². The molecule has 1 N–H and O–H groups in total.